The Morgan fingerprint density at radius 1 is 1.28 bits per heavy atom. The lowest BCUT2D eigenvalue weighted by Gasteiger charge is -2.05. The van der Waals surface area contributed by atoms with Crippen molar-refractivity contribution in [3.63, 3.8) is 0 Å². The number of amides is 1. The molecule has 0 radical (unpaired) electrons. The van der Waals surface area contributed by atoms with Crippen LogP contribution in [0.1, 0.15) is 45.6 Å². The molecule has 0 unspecified atom stereocenters. The summed E-state index contributed by atoms with van der Waals surface area (Å²) in [5, 5.41) is 8.14. The molecule has 0 spiro atoms. The lowest BCUT2D eigenvalue weighted by molar-refractivity contribution is 0.102. The molecule has 0 bridgehead atoms. The fourth-order valence-electron chi connectivity index (χ4n) is 2.54. The topological polar surface area (TPSA) is 59.8 Å². The van der Waals surface area contributed by atoms with E-state index < -0.39 is 0 Å². The first-order valence-electron chi connectivity index (χ1n) is 7.86. The zero-order chi connectivity index (χ0) is 18.3. The maximum absolute atomic E-state index is 12.8. The lowest BCUT2D eigenvalue weighted by atomic mass is 10.1. The predicted octanol–water partition coefficient (Wildman–Crippen LogP) is 5.25. The van der Waals surface area contributed by atoms with Crippen molar-refractivity contribution in [1.29, 1.82) is 0 Å². The molecular weight excluding hydrogens is 376 g/mol. The van der Waals surface area contributed by atoms with Crippen LogP contribution < -0.4 is 5.32 Å². The van der Waals surface area contributed by atoms with Crippen LogP contribution in [0, 0.1) is 13.8 Å². The molecule has 8 heteroatoms. The van der Waals surface area contributed by atoms with E-state index in [0.29, 0.717) is 21.5 Å². The van der Waals surface area contributed by atoms with Crippen molar-refractivity contribution in [2.24, 2.45) is 7.05 Å². The van der Waals surface area contributed by atoms with E-state index in [1.165, 1.54) is 20.9 Å². The van der Waals surface area contributed by atoms with E-state index in [1.807, 2.05) is 20.8 Å². The SMILES string of the molecule is Cc1ccc(-c2nc(NC(=O)c3c(C(C)C)nn(C)c3Cl)sc2C)s1. The van der Waals surface area contributed by atoms with Crippen LogP contribution in [0.15, 0.2) is 12.1 Å². The highest BCUT2D eigenvalue weighted by Gasteiger charge is 2.24. The van der Waals surface area contributed by atoms with Gasteiger partial charge in [0.15, 0.2) is 5.13 Å². The number of nitrogens with one attached hydrogen (secondary N) is 1. The average molecular weight is 395 g/mol. The van der Waals surface area contributed by atoms with Gasteiger partial charge in [-0.15, -0.1) is 22.7 Å². The van der Waals surface area contributed by atoms with Gasteiger partial charge in [-0.2, -0.15) is 5.10 Å². The van der Waals surface area contributed by atoms with E-state index in [-0.39, 0.29) is 11.8 Å². The van der Waals surface area contributed by atoms with Crippen molar-refractivity contribution in [1.82, 2.24) is 14.8 Å². The number of halogens is 1. The van der Waals surface area contributed by atoms with E-state index in [9.17, 15) is 4.79 Å². The van der Waals surface area contributed by atoms with Gasteiger partial charge in [0.2, 0.25) is 0 Å². The predicted molar refractivity (Wildman–Crippen MR) is 105 cm³/mol. The Morgan fingerprint density at radius 3 is 2.60 bits per heavy atom. The normalized spacial score (nSPS) is 11.3. The van der Waals surface area contributed by atoms with Gasteiger partial charge in [0.1, 0.15) is 10.7 Å². The zero-order valence-electron chi connectivity index (χ0n) is 14.7. The quantitative estimate of drug-likeness (QED) is 0.657. The molecule has 25 heavy (non-hydrogen) atoms. The van der Waals surface area contributed by atoms with Crippen LogP contribution in [-0.4, -0.2) is 20.7 Å². The van der Waals surface area contributed by atoms with Crippen LogP contribution in [0.3, 0.4) is 0 Å². The third-order valence-electron chi connectivity index (χ3n) is 3.77. The number of nitrogens with zero attached hydrogens (tertiary/aromatic N) is 3. The first kappa shape index (κ1) is 18.1. The summed E-state index contributed by atoms with van der Waals surface area (Å²) in [5.74, 6) is -0.174. The maximum Gasteiger partial charge on any atom is 0.262 e. The number of carbonyl (C=O) groups is 1. The highest BCUT2D eigenvalue weighted by molar-refractivity contribution is 7.18. The van der Waals surface area contributed by atoms with Crippen LogP contribution in [0.5, 0.6) is 0 Å². The fraction of sp³-hybridized carbons (Fsp3) is 0.353. The zero-order valence-corrected chi connectivity index (χ0v) is 17.1. The summed E-state index contributed by atoms with van der Waals surface area (Å²) < 4.78 is 1.53. The summed E-state index contributed by atoms with van der Waals surface area (Å²) in [6.07, 6.45) is 0. The van der Waals surface area contributed by atoms with Crippen LogP contribution in [0.2, 0.25) is 5.15 Å². The van der Waals surface area contributed by atoms with Crippen molar-refractivity contribution < 1.29 is 4.79 Å². The van der Waals surface area contributed by atoms with Crippen LogP contribution in [0.4, 0.5) is 5.13 Å². The molecule has 132 valence electrons. The minimum absolute atomic E-state index is 0.0992. The van der Waals surface area contributed by atoms with Crippen molar-refractivity contribution in [3.8, 4) is 10.6 Å². The van der Waals surface area contributed by atoms with Crippen LogP contribution in [-0.2, 0) is 7.05 Å². The lowest BCUT2D eigenvalue weighted by Crippen LogP contribution is -2.14. The molecule has 1 N–H and O–H groups in total. The molecule has 0 saturated heterocycles. The highest BCUT2D eigenvalue weighted by Crippen LogP contribution is 2.35. The number of aromatic nitrogens is 3. The minimum atomic E-state index is -0.274. The molecule has 0 aliphatic carbocycles. The first-order chi connectivity index (χ1) is 11.8. The fourth-order valence-corrected chi connectivity index (χ4v) is 4.56. The Labute approximate surface area is 159 Å². The molecule has 0 aliphatic rings. The molecule has 1 amide bonds. The second kappa shape index (κ2) is 6.90. The Hall–Kier alpha value is -1.70. The summed E-state index contributed by atoms with van der Waals surface area (Å²) >= 11 is 9.43. The monoisotopic (exact) mass is 394 g/mol. The van der Waals surface area contributed by atoms with E-state index in [1.54, 1.807) is 18.4 Å². The largest absolute Gasteiger partial charge is 0.298 e. The molecule has 3 aromatic rings. The molecule has 0 aromatic carbocycles. The summed E-state index contributed by atoms with van der Waals surface area (Å²) in [7, 11) is 1.73. The summed E-state index contributed by atoms with van der Waals surface area (Å²) in [5.41, 5.74) is 2.02. The van der Waals surface area contributed by atoms with Gasteiger partial charge in [-0.1, -0.05) is 25.4 Å². The van der Waals surface area contributed by atoms with Gasteiger partial charge < -0.3 is 0 Å². The minimum Gasteiger partial charge on any atom is -0.298 e. The average Bonchev–Trinajstić information content (AvgIpc) is 3.19. The van der Waals surface area contributed by atoms with E-state index in [2.05, 4.69) is 34.5 Å². The molecule has 0 atom stereocenters. The molecule has 3 aromatic heterocycles. The number of rotatable bonds is 4. The van der Waals surface area contributed by atoms with Gasteiger partial charge in [-0.25, -0.2) is 4.98 Å². The van der Waals surface area contributed by atoms with E-state index in [4.69, 9.17) is 11.6 Å². The van der Waals surface area contributed by atoms with Crippen LogP contribution >= 0.6 is 34.3 Å². The number of hydrogen-bond acceptors (Lipinski definition) is 5. The Bertz CT molecular complexity index is 939. The Morgan fingerprint density at radius 2 is 2.00 bits per heavy atom. The molecule has 5 nitrogen and oxygen atoms in total. The summed E-state index contributed by atoms with van der Waals surface area (Å²) in [6, 6.07) is 4.13. The van der Waals surface area contributed by atoms with Gasteiger partial charge >= 0.3 is 0 Å². The second-order valence-electron chi connectivity index (χ2n) is 6.12. The smallest absolute Gasteiger partial charge is 0.262 e. The molecular formula is C17H19ClN4OS2. The van der Waals surface area contributed by atoms with Gasteiger partial charge in [0.05, 0.1) is 16.3 Å². The van der Waals surface area contributed by atoms with Crippen molar-refractivity contribution in [3.05, 3.63) is 38.3 Å². The standard InChI is InChI=1S/C17H19ClN4OS2/c1-8(2)13-12(15(18)22(5)21-13)16(23)20-17-19-14(10(4)25-17)11-7-6-9(3)24-11/h6-8H,1-5H3,(H,19,20,23). The number of hydrogen-bond donors (Lipinski definition) is 1. The van der Waals surface area contributed by atoms with E-state index in [0.717, 1.165) is 15.4 Å². The number of thiazole rings is 1. The number of anilines is 1. The molecule has 3 heterocycles. The summed E-state index contributed by atoms with van der Waals surface area (Å²) in [4.78, 5) is 20.8. The Balaban J connectivity index is 1.90. The maximum atomic E-state index is 12.8. The van der Waals surface area contributed by atoms with Crippen molar-refractivity contribution in [2.45, 2.75) is 33.6 Å². The van der Waals surface area contributed by atoms with E-state index >= 15 is 0 Å². The number of thiophene rings is 1. The second-order valence-corrected chi connectivity index (χ2v) is 8.97. The van der Waals surface area contributed by atoms with Gasteiger partial charge in [-0.05, 0) is 31.9 Å². The molecule has 0 aliphatic heterocycles. The third-order valence-corrected chi connectivity index (χ3v) is 6.10. The first-order valence-corrected chi connectivity index (χ1v) is 9.87. The number of carbonyl (C=O) groups excluding carboxylic acids is 1. The molecule has 0 saturated carbocycles. The van der Waals surface area contributed by atoms with Gasteiger partial charge in [0, 0.05) is 16.8 Å². The van der Waals surface area contributed by atoms with Gasteiger partial charge in [0.25, 0.3) is 5.91 Å². The van der Waals surface area contributed by atoms with Crippen LogP contribution in [0.25, 0.3) is 10.6 Å². The third kappa shape index (κ3) is 3.49. The summed E-state index contributed by atoms with van der Waals surface area (Å²) in [6.45, 7) is 8.05. The Kier molecular flexibility index (Phi) is 4.99. The highest BCUT2D eigenvalue weighted by atomic mass is 35.5. The van der Waals surface area contributed by atoms with Crippen molar-refractivity contribution >= 4 is 45.3 Å². The number of aryl methyl sites for hydroxylation is 3. The van der Waals surface area contributed by atoms with Crippen molar-refractivity contribution in [2.75, 3.05) is 5.32 Å². The molecule has 0 fully saturated rings. The van der Waals surface area contributed by atoms with Gasteiger partial charge in [-0.3, -0.25) is 14.8 Å². The molecule has 3 rings (SSSR count).